The Labute approximate surface area is 109 Å². The topological polar surface area (TPSA) is 112 Å². The monoisotopic (exact) mass is 284 g/mol. The summed E-state index contributed by atoms with van der Waals surface area (Å²) in [7, 11) is -3.95. The quantitative estimate of drug-likeness (QED) is 0.538. The van der Waals surface area contributed by atoms with Gasteiger partial charge in [0.05, 0.1) is 0 Å². The van der Waals surface area contributed by atoms with Crippen molar-refractivity contribution in [2.24, 2.45) is 0 Å². The van der Waals surface area contributed by atoms with Gasteiger partial charge >= 0.3 is 11.9 Å². The summed E-state index contributed by atoms with van der Waals surface area (Å²) in [5.41, 5.74) is -0.378. The molecule has 1 unspecified atom stereocenters. The fourth-order valence-corrected chi connectivity index (χ4v) is 2.81. The van der Waals surface area contributed by atoms with Crippen LogP contribution in [0.1, 0.15) is 12.8 Å². The highest BCUT2D eigenvalue weighted by atomic mass is 31.2. The fraction of sp³-hybridized carbons (Fsp3) is 0.167. The van der Waals surface area contributed by atoms with E-state index in [0.29, 0.717) is 0 Å². The number of hydrogen-bond acceptors (Lipinski definition) is 3. The molecule has 102 valence electrons. The van der Waals surface area contributed by atoms with Crippen molar-refractivity contribution in [3.05, 3.63) is 41.7 Å². The molecule has 19 heavy (non-hydrogen) atoms. The summed E-state index contributed by atoms with van der Waals surface area (Å²) >= 11 is 0. The van der Waals surface area contributed by atoms with E-state index in [1.54, 1.807) is 18.2 Å². The van der Waals surface area contributed by atoms with Crippen molar-refractivity contribution in [3.8, 4) is 0 Å². The Morgan fingerprint density at radius 1 is 1.11 bits per heavy atom. The minimum atomic E-state index is -3.95. The standard InChI is InChI=1S/C12H13O6P/c13-11(14)7-6-9(12(15)16)8-19(17,18)10-4-2-1-3-5-10/h1-5,8H,6-7H2,(H,13,14)(H,15,16)(H,17,18)/b9-8+. The van der Waals surface area contributed by atoms with E-state index in [1.165, 1.54) is 12.1 Å². The summed E-state index contributed by atoms with van der Waals surface area (Å²) in [5.74, 6) is -1.82. The van der Waals surface area contributed by atoms with Crippen LogP contribution in [0.25, 0.3) is 0 Å². The van der Waals surface area contributed by atoms with Crippen LogP contribution in [0.5, 0.6) is 0 Å². The van der Waals surface area contributed by atoms with Gasteiger partial charge in [-0.1, -0.05) is 18.2 Å². The molecule has 1 aromatic carbocycles. The molecule has 3 N–H and O–H groups in total. The summed E-state index contributed by atoms with van der Waals surface area (Å²) in [5, 5.41) is 17.5. The maximum atomic E-state index is 12.0. The van der Waals surface area contributed by atoms with Crippen molar-refractivity contribution in [1.82, 2.24) is 0 Å². The van der Waals surface area contributed by atoms with E-state index in [-0.39, 0.29) is 17.3 Å². The van der Waals surface area contributed by atoms with E-state index in [0.717, 1.165) is 5.82 Å². The number of benzene rings is 1. The zero-order valence-corrected chi connectivity index (χ0v) is 10.8. The molecule has 0 aliphatic carbocycles. The molecule has 0 radical (unpaired) electrons. The highest BCUT2D eigenvalue weighted by Gasteiger charge is 2.21. The van der Waals surface area contributed by atoms with Crippen LogP contribution in [0.15, 0.2) is 41.7 Å². The van der Waals surface area contributed by atoms with Gasteiger partial charge in [0.25, 0.3) is 7.37 Å². The van der Waals surface area contributed by atoms with Crippen molar-refractivity contribution >= 4 is 24.6 Å². The van der Waals surface area contributed by atoms with Crippen molar-refractivity contribution < 1.29 is 29.3 Å². The number of aliphatic carboxylic acids is 2. The van der Waals surface area contributed by atoms with Crippen LogP contribution < -0.4 is 5.30 Å². The van der Waals surface area contributed by atoms with Gasteiger partial charge in [0.15, 0.2) is 0 Å². The van der Waals surface area contributed by atoms with Gasteiger partial charge in [-0.3, -0.25) is 9.36 Å². The first kappa shape index (κ1) is 15.1. The fourth-order valence-electron chi connectivity index (χ4n) is 1.40. The van der Waals surface area contributed by atoms with E-state index in [9.17, 15) is 19.0 Å². The lowest BCUT2D eigenvalue weighted by atomic mass is 10.2. The molecule has 6 nitrogen and oxygen atoms in total. The molecular weight excluding hydrogens is 271 g/mol. The number of carbonyl (C=O) groups is 2. The highest BCUT2D eigenvalue weighted by molar-refractivity contribution is 7.69. The molecule has 0 saturated carbocycles. The second-order valence-corrected chi connectivity index (χ2v) is 5.83. The number of hydrogen-bond donors (Lipinski definition) is 3. The Hall–Kier alpha value is -1.91. The molecule has 0 aliphatic heterocycles. The van der Waals surface area contributed by atoms with Gasteiger partial charge in [-0.2, -0.15) is 0 Å². The summed E-state index contributed by atoms with van der Waals surface area (Å²) in [6, 6.07) is 7.60. The van der Waals surface area contributed by atoms with Crippen molar-refractivity contribution in [3.63, 3.8) is 0 Å². The van der Waals surface area contributed by atoms with Crippen molar-refractivity contribution in [2.45, 2.75) is 12.8 Å². The van der Waals surface area contributed by atoms with Gasteiger partial charge in [0.2, 0.25) is 0 Å². The highest BCUT2D eigenvalue weighted by Crippen LogP contribution is 2.42. The third-order valence-electron chi connectivity index (χ3n) is 2.34. The van der Waals surface area contributed by atoms with Crippen LogP contribution in [0, 0.1) is 0 Å². The van der Waals surface area contributed by atoms with E-state index < -0.39 is 25.7 Å². The Bertz CT molecular complexity index is 549. The lowest BCUT2D eigenvalue weighted by Gasteiger charge is -2.08. The largest absolute Gasteiger partial charge is 0.481 e. The molecule has 0 heterocycles. The average Bonchev–Trinajstić information content (AvgIpc) is 2.35. The molecule has 1 aromatic rings. The van der Waals surface area contributed by atoms with Gasteiger partial charge < -0.3 is 15.1 Å². The predicted octanol–water partition coefficient (Wildman–Crippen LogP) is 1.42. The SMILES string of the molecule is O=C(O)CC/C(=C\P(=O)(O)c1ccccc1)C(=O)O. The third kappa shape index (κ3) is 4.69. The van der Waals surface area contributed by atoms with Crippen LogP contribution in [-0.2, 0) is 14.2 Å². The zero-order valence-electron chi connectivity index (χ0n) is 9.89. The summed E-state index contributed by atoms with van der Waals surface area (Å²) in [6.45, 7) is 0. The molecule has 0 aliphatic rings. The molecule has 0 spiro atoms. The van der Waals surface area contributed by atoms with Crippen molar-refractivity contribution in [2.75, 3.05) is 0 Å². The molecule has 1 atom stereocenters. The number of carboxylic acid groups (broad SMARTS) is 2. The predicted molar refractivity (Wildman–Crippen MR) is 68.5 cm³/mol. The van der Waals surface area contributed by atoms with Crippen molar-refractivity contribution in [1.29, 1.82) is 0 Å². The zero-order chi connectivity index (χ0) is 14.5. The maximum Gasteiger partial charge on any atom is 0.331 e. The smallest absolute Gasteiger partial charge is 0.331 e. The van der Waals surface area contributed by atoms with Crippen LogP contribution in [-0.4, -0.2) is 27.0 Å². The first-order chi connectivity index (χ1) is 8.83. The first-order valence-electron chi connectivity index (χ1n) is 5.38. The van der Waals surface area contributed by atoms with E-state index in [4.69, 9.17) is 10.2 Å². The Kier molecular flexibility index (Phi) is 5.03. The van der Waals surface area contributed by atoms with Gasteiger partial charge in [0, 0.05) is 23.1 Å². The van der Waals surface area contributed by atoms with E-state index in [2.05, 4.69) is 0 Å². The minimum absolute atomic E-state index is 0.101. The molecule has 0 fully saturated rings. The summed E-state index contributed by atoms with van der Waals surface area (Å²) in [6.07, 6.45) is -0.713. The van der Waals surface area contributed by atoms with E-state index in [1.807, 2.05) is 0 Å². The van der Waals surface area contributed by atoms with Gasteiger partial charge in [-0.15, -0.1) is 0 Å². The second-order valence-electron chi connectivity index (χ2n) is 3.81. The third-order valence-corrected chi connectivity index (χ3v) is 4.04. The van der Waals surface area contributed by atoms with Gasteiger partial charge in [0.1, 0.15) is 0 Å². The Morgan fingerprint density at radius 2 is 1.68 bits per heavy atom. The lowest BCUT2D eigenvalue weighted by Crippen LogP contribution is -2.07. The minimum Gasteiger partial charge on any atom is -0.481 e. The normalized spacial score (nSPS) is 14.7. The molecule has 0 saturated heterocycles. The first-order valence-corrected chi connectivity index (χ1v) is 7.11. The van der Waals surface area contributed by atoms with Crippen LogP contribution in [0.4, 0.5) is 0 Å². The van der Waals surface area contributed by atoms with Crippen LogP contribution in [0.2, 0.25) is 0 Å². The lowest BCUT2D eigenvalue weighted by molar-refractivity contribution is -0.137. The summed E-state index contributed by atoms with van der Waals surface area (Å²) < 4.78 is 12.0. The molecule has 1 rings (SSSR count). The maximum absolute atomic E-state index is 12.0. The van der Waals surface area contributed by atoms with Crippen LogP contribution in [0.3, 0.4) is 0 Å². The number of rotatable bonds is 6. The Balaban J connectivity index is 3.04. The molecule has 0 bridgehead atoms. The van der Waals surface area contributed by atoms with Gasteiger partial charge in [-0.25, -0.2) is 4.79 Å². The molecule has 0 aromatic heterocycles. The molecule has 0 amide bonds. The van der Waals surface area contributed by atoms with Crippen LogP contribution >= 0.6 is 7.37 Å². The second kappa shape index (κ2) is 6.31. The number of carboxylic acids is 2. The van der Waals surface area contributed by atoms with Gasteiger partial charge in [-0.05, 0) is 18.6 Å². The Morgan fingerprint density at radius 3 is 2.16 bits per heavy atom. The molecular formula is C12H13O6P. The summed E-state index contributed by atoms with van der Waals surface area (Å²) in [4.78, 5) is 31.2. The van der Waals surface area contributed by atoms with E-state index >= 15 is 0 Å². The average molecular weight is 284 g/mol. The molecule has 7 heteroatoms.